The van der Waals surface area contributed by atoms with E-state index in [9.17, 15) is 53.4 Å². The minimum atomic E-state index is -7.07. The zero-order valence-electron chi connectivity index (χ0n) is 15.4. The van der Waals surface area contributed by atoms with Crippen molar-refractivity contribution in [3.63, 3.8) is 0 Å². The van der Waals surface area contributed by atoms with Crippen molar-refractivity contribution in [1.82, 2.24) is 0 Å². The molecular weight excluding hydrogens is 461 g/mol. The van der Waals surface area contributed by atoms with Gasteiger partial charge in [-0.3, -0.25) is 0 Å². The molecule has 1 N–H and O–H groups in total. The maximum Gasteiger partial charge on any atom is 0.381 e. The third-order valence-corrected chi connectivity index (χ3v) is 5.25. The van der Waals surface area contributed by atoms with E-state index >= 15 is 0 Å². The second kappa shape index (κ2) is 8.99. The van der Waals surface area contributed by atoms with Gasteiger partial charge in [-0.2, -0.15) is 46.9 Å². The molecule has 1 nitrogen and oxygen atoms in total. The van der Waals surface area contributed by atoms with Crippen LogP contribution in [0.3, 0.4) is 0 Å². The summed E-state index contributed by atoms with van der Waals surface area (Å²) in [5, 5.41) is 9.62. The maximum atomic E-state index is 13.7. The Balaban J connectivity index is 2.88. The predicted octanol–water partition coefficient (Wildman–Crippen LogP) is 6.78. The van der Waals surface area contributed by atoms with Crippen molar-refractivity contribution < 1.29 is 53.4 Å². The Labute approximate surface area is 168 Å². The van der Waals surface area contributed by atoms with Crippen LogP contribution in [0.25, 0.3) is 0 Å². The zero-order chi connectivity index (χ0) is 23.7. The van der Waals surface area contributed by atoms with Crippen LogP contribution in [-0.4, -0.2) is 47.1 Å². The molecule has 0 aliphatic heterocycles. The number of phenolic OH excluding ortho intramolecular Hbond substituents is 1. The number of hydrogen-bond acceptors (Lipinski definition) is 2. The van der Waals surface area contributed by atoms with Crippen molar-refractivity contribution in [2.75, 3.05) is 5.75 Å². The minimum absolute atomic E-state index is 0.0203. The Morgan fingerprint density at radius 2 is 1.33 bits per heavy atom. The predicted molar refractivity (Wildman–Crippen MR) is 89.0 cm³/mol. The number of hydrogen-bond donors (Lipinski definition) is 1. The van der Waals surface area contributed by atoms with E-state index < -0.39 is 48.5 Å². The lowest BCUT2D eigenvalue weighted by Gasteiger charge is -2.37. The number of phenols is 1. The van der Waals surface area contributed by atoms with E-state index in [1.54, 1.807) is 0 Å². The molecular formula is C17H17F11OS. The summed E-state index contributed by atoms with van der Waals surface area (Å²) in [7, 11) is 0. The van der Waals surface area contributed by atoms with Crippen LogP contribution in [0.4, 0.5) is 48.3 Å². The average molecular weight is 478 g/mol. The van der Waals surface area contributed by atoms with Crippen LogP contribution >= 0.6 is 11.8 Å². The zero-order valence-corrected chi connectivity index (χ0v) is 16.3. The van der Waals surface area contributed by atoms with E-state index in [4.69, 9.17) is 0 Å². The van der Waals surface area contributed by atoms with E-state index in [-0.39, 0.29) is 11.5 Å². The van der Waals surface area contributed by atoms with Crippen molar-refractivity contribution in [1.29, 1.82) is 0 Å². The third-order valence-electron chi connectivity index (χ3n) is 4.22. The molecule has 0 radical (unpaired) electrons. The molecule has 0 aromatic heterocycles. The molecule has 1 atom stereocenters. The SMILES string of the molecule is Cc1cc(CSCCC(F)(F)C(F)(F)C(F)(F)C(F)(F)C(F)C(F)F)cc(C)c1O. The topological polar surface area (TPSA) is 20.2 Å². The molecule has 0 amide bonds. The Hall–Kier alpha value is -1.40. The molecule has 0 bridgehead atoms. The third kappa shape index (κ3) is 4.91. The lowest BCUT2D eigenvalue weighted by atomic mass is 9.94. The van der Waals surface area contributed by atoms with E-state index in [2.05, 4.69) is 0 Å². The van der Waals surface area contributed by atoms with E-state index in [0.717, 1.165) is 0 Å². The van der Waals surface area contributed by atoms with Crippen LogP contribution < -0.4 is 0 Å². The molecule has 0 heterocycles. The first-order chi connectivity index (χ1) is 13.4. The standard InChI is InChI=1S/C17H17F11OS/c1-8-5-10(6-9(2)11(8)29)7-30-4-3-14(21,22)16(25,26)17(27,28)15(23,24)12(18)13(19)20/h5-6,12-13,29H,3-4,7H2,1-2H3. The van der Waals surface area contributed by atoms with Crippen LogP contribution in [0.15, 0.2) is 12.1 Å². The number of halogens is 11. The molecule has 1 unspecified atom stereocenters. The van der Waals surface area contributed by atoms with Gasteiger partial charge in [-0.25, -0.2) is 13.2 Å². The Kier molecular flexibility index (Phi) is 7.98. The smallest absolute Gasteiger partial charge is 0.381 e. The number of rotatable bonds is 10. The highest BCUT2D eigenvalue weighted by Gasteiger charge is 2.82. The fourth-order valence-electron chi connectivity index (χ4n) is 2.45. The first kappa shape index (κ1) is 26.6. The van der Waals surface area contributed by atoms with Gasteiger partial charge in [-0.1, -0.05) is 12.1 Å². The molecule has 0 saturated heterocycles. The minimum Gasteiger partial charge on any atom is -0.507 e. The van der Waals surface area contributed by atoms with Crippen molar-refractivity contribution in [2.24, 2.45) is 0 Å². The van der Waals surface area contributed by atoms with Gasteiger partial charge in [0, 0.05) is 12.2 Å². The summed E-state index contributed by atoms with van der Waals surface area (Å²) >= 11 is 0.580. The van der Waals surface area contributed by atoms with Gasteiger partial charge in [0.25, 0.3) is 6.43 Å². The number of aryl methyl sites for hydroxylation is 2. The van der Waals surface area contributed by atoms with Gasteiger partial charge in [0.05, 0.1) is 0 Å². The number of aromatic hydroxyl groups is 1. The summed E-state index contributed by atoms with van der Waals surface area (Å²) in [5.74, 6) is -27.3. The van der Waals surface area contributed by atoms with E-state index in [1.807, 2.05) is 0 Å². The molecule has 0 fully saturated rings. The second-order valence-electron chi connectivity index (χ2n) is 6.59. The van der Waals surface area contributed by atoms with Crippen LogP contribution in [0.2, 0.25) is 0 Å². The first-order valence-corrected chi connectivity index (χ1v) is 9.36. The van der Waals surface area contributed by atoms with Crippen molar-refractivity contribution in [2.45, 2.75) is 62.3 Å². The van der Waals surface area contributed by atoms with Crippen LogP contribution in [0.5, 0.6) is 5.75 Å². The van der Waals surface area contributed by atoms with Crippen molar-refractivity contribution >= 4 is 11.8 Å². The largest absolute Gasteiger partial charge is 0.507 e. The number of alkyl halides is 11. The van der Waals surface area contributed by atoms with Gasteiger partial charge < -0.3 is 5.11 Å². The molecule has 30 heavy (non-hydrogen) atoms. The highest BCUT2D eigenvalue weighted by molar-refractivity contribution is 7.98. The van der Waals surface area contributed by atoms with Crippen LogP contribution in [0, 0.1) is 13.8 Å². The Morgan fingerprint density at radius 3 is 1.77 bits per heavy atom. The summed E-state index contributed by atoms with van der Waals surface area (Å²) in [6.45, 7) is 3.07. The average Bonchev–Trinajstić information content (AvgIpc) is 2.61. The first-order valence-electron chi connectivity index (χ1n) is 8.20. The molecule has 1 aromatic rings. The second-order valence-corrected chi connectivity index (χ2v) is 7.70. The molecule has 1 aromatic carbocycles. The monoisotopic (exact) mass is 478 g/mol. The Morgan fingerprint density at radius 1 is 0.867 bits per heavy atom. The van der Waals surface area contributed by atoms with Gasteiger partial charge in [0.15, 0.2) is 0 Å². The molecule has 0 spiro atoms. The number of thioether (sulfide) groups is 1. The summed E-state index contributed by atoms with van der Waals surface area (Å²) in [6, 6.07) is 2.92. The van der Waals surface area contributed by atoms with Crippen molar-refractivity contribution in [3.8, 4) is 5.75 Å². The van der Waals surface area contributed by atoms with E-state index in [0.29, 0.717) is 28.5 Å². The highest BCUT2D eigenvalue weighted by atomic mass is 32.2. The maximum absolute atomic E-state index is 13.7. The lowest BCUT2D eigenvalue weighted by Crippen LogP contribution is -2.65. The van der Waals surface area contributed by atoms with E-state index in [1.165, 1.54) is 26.0 Å². The molecule has 0 saturated carbocycles. The normalized spacial score (nSPS) is 15.0. The summed E-state index contributed by atoms with van der Waals surface area (Å²) in [4.78, 5) is 0. The van der Waals surface area contributed by atoms with Gasteiger partial charge >= 0.3 is 23.7 Å². The van der Waals surface area contributed by atoms with Gasteiger partial charge in [0.1, 0.15) is 5.75 Å². The molecule has 174 valence electrons. The Bertz CT molecular complexity index is 713. The van der Waals surface area contributed by atoms with Gasteiger partial charge in [-0.05, 0) is 36.3 Å². The quantitative estimate of drug-likeness (QED) is 0.296. The lowest BCUT2D eigenvalue weighted by molar-refractivity contribution is -0.380. The highest BCUT2D eigenvalue weighted by Crippen LogP contribution is 2.55. The number of benzene rings is 1. The van der Waals surface area contributed by atoms with Crippen molar-refractivity contribution in [3.05, 3.63) is 28.8 Å². The van der Waals surface area contributed by atoms with Gasteiger partial charge in [0.2, 0.25) is 6.17 Å². The fourth-order valence-corrected chi connectivity index (χ4v) is 3.39. The van der Waals surface area contributed by atoms with Crippen LogP contribution in [0.1, 0.15) is 23.1 Å². The molecule has 0 aliphatic carbocycles. The van der Waals surface area contributed by atoms with Crippen LogP contribution in [-0.2, 0) is 5.75 Å². The molecule has 1 rings (SSSR count). The fraction of sp³-hybridized carbons (Fsp3) is 0.647. The summed E-state index contributed by atoms with van der Waals surface area (Å²) in [6.07, 6.45) is -11.9. The summed E-state index contributed by atoms with van der Waals surface area (Å²) in [5.41, 5.74) is 1.35. The summed E-state index contributed by atoms with van der Waals surface area (Å²) < 4.78 is 144. The van der Waals surface area contributed by atoms with Gasteiger partial charge in [-0.15, -0.1) is 0 Å². The molecule has 0 aliphatic rings. The molecule has 13 heteroatoms.